The van der Waals surface area contributed by atoms with Gasteiger partial charge in [0.05, 0.1) is 0 Å². The Bertz CT molecular complexity index is 84.1. The van der Waals surface area contributed by atoms with Crippen LogP contribution in [0.15, 0.2) is 0 Å². The zero-order chi connectivity index (χ0) is 6.57. The molecule has 0 atom stereocenters. The molecular formula is C4H10N2S2. The maximum atomic E-state index is 5.20. The lowest BCUT2D eigenvalue weighted by Gasteiger charge is -2.12. The van der Waals surface area contributed by atoms with Crippen molar-refractivity contribution in [3.63, 3.8) is 0 Å². The third-order valence-electron chi connectivity index (χ3n) is 0.690. The molecule has 2 N–H and O–H groups in total. The van der Waals surface area contributed by atoms with Crippen LogP contribution in [0.5, 0.6) is 0 Å². The molecule has 2 nitrogen and oxygen atoms in total. The molecule has 0 aromatic rings. The van der Waals surface area contributed by atoms with E-state index in [0.29, 0.717) is 5.11 Å². The van der Waals surface area contributed by atoms with Crippen LogP contribution in [0, 0.1) is 0 Å². The normalized spacial score (nSPS) is 8.75. The molecule has 0 spiro atoms. The smallest absolute Gasteiger partial charge is 0.176 e. The summed E-state index contributed by atoms with van der Waals surface area (Å²) in [5.41, 5.74) is 5.20. The maximum Gasteiger partial charge on any atom is 0.176 e. The molecule has 0 fully saturated rings. The second-order valence-electron chi connectivity index (χ2n) is 1.46. The zero-order valence-corrected chi connectivity index (χ0v) is 6.51. The van der Waals surface area contributed by atoms with Gasteiger partial charge in [0.2, 0.25) is 0 Å². The van der Waals surface area contributed by atoms with Crippen LogP contribution in [0.1, 0.15) is 13.3 Å². The summed E-state index contributed by atoms with van der Waals surface area (Å²) in [6, 6.07) is 0. The van der Waals surface area contributed by atoms with Gasteiger partial charge in [-0.15, -0.1) is 0 Å². The van der Waals surface area contributed by atoms with Crippen LogP contribution >= 0.6 is 25.0 Å². The molecule has 4 heteroatoms. The van der Waals surface area contributed by atoms with Crippen molar-refractivity contribution in [2.45, 2.75) is 13.3 Å². The predicted octanol–water partition coefficient (Wildman–Crippen LogP) is 0.787. The molecule has 0 aromatic heterocycles. The average molecular weight is 150 g/mol. The highest BCUT2D eigenvalue weighted by Crippen LogP contribution is 1.92. The molecule has 0 rings (SSSR count). The average Bonchev–Trinajstić information content (AvgIpc) is 1.67. The Morgan fingerprint density at radius 1 is 1.88 bits per heavy atom. The largest absolute Gasteiger partial charge is 0.375 e. The van der Waals surface area contributed by atoms with Gasteiger partial charge in [-0.3, -0.25) is 4.31 Å². The summed E-state index contributed by atoms with van der Waals surface area (Å²) in [4.78, 5) is 0. The van der Waals surface area contributed by atoms with Crippen molar-refractivity contribution in [1.82, 2.24) is 4.31 Å². The van der Waals surface area contributed by atoms with E-state index in [0.717, 1.165) is 13.0 Å². The lowest BCUT2D eigenvalue weighted by atomic mass is 10.5. The van der Waals surface area contributed by atoms with Crippen molar-refractivity contribution in [3.8, 4) is 0 Å². The highest BCUT2D eigenvalue weighted by molar-refractivity contribution is 7.84. The lowest BCUT2D eigenvalue weighted by Crippen LogP contribution is -2.27. The minimum absolute atomic E-state index is 0.343. The first kappa shape index (κ1) is 8.04. The lowest BCUT2D eigenvalue weighted by molar-refractivity contribution is 0.663. The first-order valence-corrected chi connectivity index (χ1v) is 3.25. The van der Waals surface area contributed by atoms with Crippen LogP contribution in [0.3, 0.4) is 0 Å². The molecule has 0 aromatic carbocycles. The number of nitrogens with zero attached hydrogens (tertiary/aromatic N) is 1. The van der Waals surface area contributed by atoms with Crippen molar-refractivity contribution in [1.29, 1.82) is 0 Å². The Labute approximate surface area is 60.6 Å². The van der Waals surface area contributed by atoms with Gasteiger partial charge in [-0.05, 0) is 18.6 Å². The van der Waals surface area contributed by atoms with E-state index in [4.69, 9.17) is 5.73 Å². The van der Waals surface area contributed by atoms with E-state index in [-0.39, 0.29) is 0 Å². The summed E-state index contributed by atoms with van der Waals surface area (Å²) < 4.78 is 1.55. The molecular weight excluding hydrogens is 140 g/mol. The molecule has 0 heterocycles. The highest BCUT2D eigenvalue weighted by Gasteiger charge is 1.94. The van der Waals surface area contributed by atoms with Gasteiger partial charge >= 0.3 is 0 Å². The maximum absolute atomic E-state index is 5.20. The molecule has 0 saturated carbocycles. The number of thiol groups is 1. The van der Waals surface area contributed by atoms with E-state index in [1.807, 2.05) is 6.92 Å². The Balaban J connectivity index is 3.32. The molecule has 8 heavy (non-hydrogen) atoms. The van der Waals surface area contributed by atoms with Crippen LogP contribution in [0.25, 0.3) is 0 Å². The van der Waals surface area contributed by atoms with Crippen molar-refractivity contribution < 1.29 is 0 Å². The predicted molar refractivity (Wildman–Crippen MR) is 42.8 cm³/mol. The fourth-order valence-electron chi connectivity index (χ4n) is 0.322. The summed E-state index contributed by atoms with van der Waals surface area (Å²) in [7, 11) is 0. The summed E-state index contributed by atoms with van der Waals surface area (Å²) in [5, 5.41) is 0.343. The number of nitrogens with two attached hydrogens (primary N) is 1. The Hall–Kier alpha value is 0.0400. The molecule has 48 valence electrons. The zero-order valence-electron chi connectivity index (χ0n) is 4.79. The van der Waals surface area contributed by atoms with E-state index in [1.54, 1.807) is 4.31 Å². The quantitative estimate of drug-likeness (QED) is 0.450. The van der Waals surface area contributed by atoms with Gasteiger partial charge in [-0.2, -0.15) is 0 Å². The van der Waals surface area contributed by atoms with Gasteiger partial charge in [0.15, 0.2) is 5.11 Å². The number of hydrogen-bond donors (Lipinski definition) is 2. The number of hydrogen-bond acceptors (Lipinski definition) is 2. The van der Waals surface area contributed by atoms with E-state index in [9.17, 15) is 0 Å². The Morgan fingerprint density at radius 2 is 2.38 bits per heavy atom. The molecule has 0 radical (unpaired) electrons. The van der Waals surface area contributed by atoms with E-state index >= 15 is 0 Å². The SMILES string of the molecule is CCCN(S)C(N)=S. The van der Waals surface area contributed by atoms with Crippen LogP contribution < -0.4 is 5.73 Å². The fraction of sp³-hybridized carbons (Fsp3) is 0.750. The molecule has 0 aliphatic carbocycles. The molecule has 0 saturated heterocycles. The first-order valence-electron chi connectivity index (χ1n) is 2.44. The Kier molecular flexibility index (Phi) is 3.99. The van der Waals surface area contributed by atoms with Gasteiger partial charge in [0.25, 0.3) is 0 Å². The monoisotopic (exact) mass is 150 g/mol. The Morgan fingerprint density at radius 3 is 2.50 bits per heavy atom. The molecule has 0 amide bonds. The fourth-order valence-corrected chi connectivity index (χ4v) is 0.613. The van der Waals surface area contributed by atoms with Gasteiger partial charge in [-0.1, -0.05) is 19.7 Å². The topological polar surface area (TPSA) is 29.3 Å². The summed E-state index contributed by atoms with van der Waals surface area (Å²) in [5.74, 6) is 0. The number of thiocarbonyl (C=S) groups is 1. The van der Waals surface area contributed by atoms with Crippen LogP contribution in [0.2, 0.25) is 0 Å². The summed E-state index contributed by atoms with van der Waals surface area (Å²) >= 11 is 8.58. The van der Waals surface area contributed by atoms with Crippen molar-refractivity contribution in [2.75, 3.05) is 6.54 Å². The second kappa shape index (κ2) is 3.97. The molecule has 0 aliphatic rings. The summed E-state index contributed by atoms with van der Waals surface area (Å²) in [6.45, 7) is 2.86. The van der Waals surface area contributed by atoms with Gasteiger partial charge in [0, 0.05) is 6.54 Å². The third-order valence-corrected chi connectivity index (χ3v) is 1.46. The number of rotatable bonds is 2. The first-order chi connectivity index (χ1) is 3.68. The van der Waals surface area contributed by atoms with Gasteiger partial charge < -0.3 is 5.73 Å². The molecule has 0 aliphatic heterocycles. The van der Waals surface area contributed by atoms with Crippen molar-refractivity contribution >= 4 is 30.1 Å². The van der Waals surface area contributed by atoms with Crippen LogP contribution in [-0.4, -0.2) is 16.0 Å². The van der Waals surface area contributed by atoms with Crippen molar-refractivity contribution in [3.05, 3.63) is 0 Å². The summed E-state index contributed by atoms with van der Waals surface area (Å²) in [6.07, 6.45) is 1.01. The van der Waals surface area contributed by atoms with Gasteiger partial charge in [-0.25, -0.2) is 0 Å². The highest BCUT2D eigenvalue weighted by atomic mass is 32.1. The molecule has 0 bridgehead atoms. The third kappa shape index (κ3) is 3.10. The van der Waals surface area contributed by atoms with Crippen molar-refractivity contribution in [2.24, 2.45) is 5.73 Å². The minimum atomic E-state index is 0.343. The standard InChI is InChI=1S/C4H10N2S2/c1-2-3-6(8)4(5)7/h8H,2-3H2,1H3,(H2,5,7). The van der Waals surface area contributed by atoms with E-state index in [2.05, 4.69) is 25.0 Å². The minimum Gasteiger partial charge on any atom is -0.375 e. The van der Waals surface area contributed by atoms with Crippen LogP contribution in [0.4, 0.5) is 0 Å². The van der Waals surface area contributed by atoms with Gasteiger partial charge in [0.1, 0.15) is 0 Å². The molecule has 0 unspecified atom stereocenters. The second-order valence-corrected chi connectivity index (χ2v) is 2.36. The van der Waals surface area contributed by atoms with Crippen LogP contribution in [-0.2, 0) is 0 Å². The van der Waals surface area contributed by atoms with E-state index in [1.165, 1.54) is 0 Å². The van der Waals surface area contributed by atoms with E-state index < -0.39 is 0 Å².